The minimum atomic E-state index is 0.105. The third kappa shape index (κ3) is 6.39. The maximum atomic E-state index is 9.60. The summed E-state index contributed by atoms with van der Waals surface area (Å²) in [7, 11) is 4.23. The Labute approximate surface area is 108 Å². The molecular formula is C14H32N2O. The fraction of sp³-hybridized carbons (Fsp3) is 1.00. The molecule has 17 heavy (non-hydrogen) atoms. The van der Waals surface area contributed by atoms with Gasteiger partial charge in [0.25, 0.3) is 0 Å². The summed E-state index contributed by atoms with van der Waals surface area (Å²) >= 11 is 0. The van der Waals surface area contributed by atoms with E-state index in [1.165, 1.54) is 6.42 Å². The van der Waals surface area contributed by atoms with Gasteiger partial charge < -0.3 is 14.9 Å². The normalized spacial score (nSPS) is 12.7. The van der Waals surface area contributed by atoms with E-state index in [4.69, 9.17) is 0 Å². The van der Waals surface area contributed by atoms with Gasteiger partial charge in [0.2, 0.25) is 0 Å². The number of aliphatic hydroxyl groups is 1. The summed E-state index contributed by atoms with van der Waals surface area (Å²) in [6.07, 6.45) is 3.32. The fourth-order valence-corrected chi connectivity index (χ4v) is 2.18. The summed E-state index contributed by atoms with van der Waals surface area (Å²) in [5.74, 6) is 0. The molecule has 0 aliphatic carbocycles. The molecular weight excluding hydrogens is 212 g/mol. The van der Waals surface area contributed by atoms with Crippen LogP contribution in [-0.2, 0) is 0 Å². The van der Waals surface area contributed by atoms with Gasteiger partial charge in [-0.05, 0) is 53.0 Å². The number of rotatable bonds is 10. The molecule has 0 fully saturated rings. The van der Waals surface area contributed by atoms with E-state index in [0.717, 1.165) is 39.0 Å². The Kier molecular flexibility index (Phi) is 8.83. The van der Waals surface area contributed by atoms with Gasteiger partial charge >= 0.3 is 0 Å². The Balaban J connectivity index is 4.17. The van der Waals surface area contributed by atoms with E-state index < -0.39 is 0 Å². The lowest BCUT2D eigenvalue weighted by molar-refractivity contribution is 0.0665. The zero-order valence-electron chi connectivity index (χ0n) is 12.5. The zero-order valence-corrected chi connectivity index (χ0v) is 12.5. The van der Waals surface area contributed by atoms with Crippen molar-refractivity contribution in [2.45, 2.75) is 40.0 Å². The van der Waals surface area contributed by atoms with Crippen LogP contribution in [0.3, 0.4) is 0 Å². The lowest BCUT2D eigenvalue weighted by Crippen LogP contribution is -2.40. The molecule has 0 bridgehead atoms. The van der Waals surface area contributed by atoms with Gasteiger partial charge in [-0.3, -0.25) is 0 Å². The quantitative estimate of drug-likeness (QED) is 0.637. The van der Waals surface area contributed by atoms with E-state index in [9.17, 15) is 5.11 Å². The highest BCUT2D eigenvalue weighted by Gasteiger charge is 2.27. The smallest absolute Gasteiger partial charge is 0.0499 e. The second-order valence-electron chi connectivity index (χ2n) is 5.39. The molecule has 0 amide bonds. The highest BCUT2D eigenvalue weighted by molar-refractivity contribution is 4.79. The van der Waals surface area contributed by atoms with Crippen molar-refractivity contribution in [1.82, 2.24) is 9.80 Å². The van der Waals surface area contributed by atoms with Crippen LogP contribution in [0.2, 0.25) is 0 Å². The van der Waals surface area contributed by atoms with Crippen LogP contribution in [0.25, 0.3) is 0 Å². The summed E-state index contributed by atoms with van der Waals surface area (Å²) in [5.41, 5.74) is 0.105. The molecule has 0 rings (SSSR count). The van der Waals surface area contributed by atoms with Crippen LogP contribution in [0, 0.1) is 5.41 Å². The summed E-state index contributed by atoms with van der Waals surface area (Å²) < 4.78 is 0. The minimum Gasteiger partial charge on any atom is -0.396 e. The van der Waals surface area contributed by atoms with Crippen molar-refractivity contribution in [2.75, 3.05) is 46.9 Å². The van der Waals surface area contributed by atoms with Crippen LogP contribution < -0.4 is 0 Å². The van der Waals surface area contributed by atoms with Crippen molar-refractivity contribution in [1.29, 1.82) is 0 Å². The zero-order chi connectivity index (χ0) is 13.3. The maximum Gasteiger partial charge on any atom is 0.0499 e. The van der Waals surface area contributed by atoms with Gasteiger partial charge in [-0.15, -0.1) is 0 Å². The third-order valence-corrected chi connectivity index (χ3v) is 3.92. The summed E-state index contributed by atoms with van der Waals surface area (Å²) in [6.45, 7) is 11.3. The van der Waals surface area contributed by atoms with Crippen molar-refractivity contribution >= 4 is 0 Å². The van der Waals surface area contributed by atoms with E-state index in [-0.39, 0.29) is 5.41 Å². The predicted molar refractivity (Wildman–Crippen MR) is 75.4 cm³/mol. The Morgan fingerprint density at radius 3 is 1.94 bits per heavy atom. The molecule has 1 N–H and O–H groups in total. The van der Waals surface area contributed by atoms with Crippen LogP contribution in [0.4, 0.5) is 0 Å². The van der Waals surface area contributed by atoms with Crippen molar-refractivity contribution in [3.05, 3.63) is 0 Å². The Hall–Kier alpha value is -0.120. The summed E-state index contributed by atoms with van der Waals surface area (Å²) in [5, 5.41) is 9.60. The number of nitrogens with zero attached hydrogens (tertiary/aromatic N) is 2. The van der Waals surface area contributed by atoms with E-state index >= 15 is 0 Å². The van der Waals surface area contributed by atoms with Gasteiger partial charge in [0, 0.05) is 18.6 Å². The topological polar surface area (TPSA) is 26.7 Å². The van der Waals surface area contributed by atoms with Gasteiger partial charge in [-0.25, -0.2) is 0 Å². The Morgan fingerprint density at radius 2 is 1.59 bits per heavy atom. The molecule has 0 aromatic heterocycles. The van der Waals surface area contributed by atoms with Crippen molar-refractivity contribution in [2.24, 2.45) is 5.41 Å². The van der Waals surface area contributed by atoms with Crippen LogP contribution in [-0.4, -0.2) is 61.8 Å². The highest BCUT2D eigenvalue weighted by Crippen LogP contribution is 2.26. The average molecular weight is 244 g/mol. The standard InChI is InChI=1S/C14H32N2O/c1-6-14(7-2,13-17)12-16(8-3)11-9-10-15(4)5/h17H,6-13H2,1-5H3. The molecule has 0 saturated heterocycles. The SMILES string of the molecule is CCN(CCCN(C)C)CC(CC)(CC)CO. The lowest BCUT2D eigenvalue weighted by Gasteiger charge is -2.35. The summed E-state index contributed by atoms with van der Waals surface area (Å²) in [4.78, 5) is 4.71. The van der Waals surface area contributed by atoms with E-state index in [2.05, 4.69) is 44.7 Å². The van der Waals surface area contributed by atoms with E-state index in [1.54, 1.807) is 0 Å². The summed E-state index contributed by atoms with van der Waals surface area (Å²) in [6, 6.07) is 0. The third-order valence-electron chi connectivity index (χ3n) is 3.92. The monoisotopic (exact) mass is 244 g/mol. The second-order valence-corrected chi connectivity index (χ2v) is 5.39. The molecule has 0 saturated carbocycles. The molecule has 3 nitrogen and oxygen atoms in total. The van der Waals surface area contributed by atoms with Gasteiger partial charge in [0.1, 0.15) is 0 Å². The van der Waals surface area contributed by atoms with E-state index in [0.29, 0.717) is 6.61 Å². The van der Waals surface area contributed by atoms with E-state index in [1.807, 2.05) is 0 Å². The molecule has 0 spiro atoms. The first-order chi connectivity index (χ1) is 8.03. The molecule has 0 aromatic carbocycles. The molecule has 0 aromatic rings. The minimum absolute atomic E-state index is 0.105. The van der Waals surface area contributed by atoms with Gasteiger partial charge in [0.15, 0.2) is 0 Å². The van der Waals surface area contributed by atoms with Crippen LogP contribution in [0.15, 0.2) is 0 Å². The van der Waals surface area contributed by atoms with Crippen molar-refractivity contribution in [3.63, 3.8) is 0 Å². The second kappa shape index (κ2) is 8.90. The first-order valence-electron chi connectivity index (χ1n) is 7.01. The molecule has 0 unspecified atom stereocenters. The predicted octanol–water partition coefficient (Wildman–Crippen LogP) is 2.06. The first kappa shape index (κ1) is 16.9. The molecule has 0 radical (unpaired) electrons. The average Bonchev–Trinajstić information content (AvgIpc) is 2.34. The molecule has 3 heteroatoms. The first-order valence-corrected chi connectivity index (χ1v) is 7.01. The van der Waals surface area contributed by atoms with Crippen LogP contribution >= 0.6 is 0 Å². The van der Waals surface area contributed by atoms with Gasteiger partial charge in [0.05, 0.1) is 0 Å². The Bertz CT molecular complexity index is 171. The largest absolute Gasteiger partial charge is 0.396 e. The number of hydrogen-bond donors (Lipinski definition) is 1. The van der Waals surface area contributed by atoms with Crippen molar-refractivity contribution in [3.8, 4) is 0 Å². The Morgan fingerprint density at radius 1 is 1.00 bits per heavy atom. The highest BCUT2D eigenvalue weighted by atomic mass is 16.3. The number of aliphatic hydroxyl groups excluding tert-OH is 1. The van der Waals surface area contributed by atoms with Crippen LogP contribution in [0.1, 0.15) is 40.0 Å². The molecule has 0 aliphatic heterocycles. The van der Waals surface area contributed by atoms with Gasteiger partial charge in [-0.1, -0.05) is 20.8 Å². The lowest BCUT2D eigenvalue weighted by atomic mass is 9.82. The fourth-order valence-electron chi connectivity index (χ4n) is 2.18. The molecule has 0 heterocycles. The van der Waals surface area contributed by atoms with Gasteiger partial charge in [-0.2, -0.15) is 0 Å². The maximum absolute atomic E-state index is 9.60. The molecule has 0 atom stereocenters. The molecule has 104 valence electrons. The molecule has 0 aliphatic rings. The number of hydrogen-bond acceptors (Lipinski definition) is 3. The van der Waals surface area contributed by atoms with Crippen molar-refractivity contribution < 1.29 is 5.11 Å². The van der Waals surface area contributed by atoms with Crippen LogP contribution in [0.5, 0.6) is 0 Å².